The van der Waals surface area contributed by atoms with Gasteiger partial charge in [0.2, 0.25) is 5.91 Å². The molecular weight excluding hydrogens is 276 g/mol. The summed E-state index contributed by atoms with van der Waals surface area (Å²) in [7, 11) is 0. The van der Waals surface area contributed by atoms with E-state index in [1.165, 1.54) is 4.90 Å². The van der Waals surface area contributed by atoms with Crippen molar-refractivity contribution in [1.82, 2.24) is 4.90 Å². The highest BCUT2D eigenvalue weighted by atomic mass is 35.5. The van der Waals surface area contributed by atoms with E-state index in [4.69, 9.17) is 16.9 Å². The molecule has 5 heteroatoms. The number of amides is 1. The number of rotatable bonds is 4. The Morgan fingerprint density at radius 1 is 1.55 bits per heavy atom. The standard InChI is InChI=1S/C15H17ClN2O2/c16-12-5-1-3-11(7-12)4-2-6-15(20)18-10-14(19)8-13(18)9-17/h1,3,5,7,13-14,19H,2,4,6,8,10H2. The first kappa shape index (κ1) is 14.8. The number of aliphatic hydroxyl groups is 1. The van der Waals surface area contributed by atoms with Crippen LogP contribution in [0.2, 0.25) is 5.02 Å². The average molecular weight is 293 g/mol. The molecule has 1 amide bonds. The second kappa shape index (κ2) is 6.74. The number of carbonyl (C=O) groups excluding carboxylic acids is 1. The van der Waals surface area contributed by atoms with E-state index in [1.807, 2.05) is 24.3 Å². The van der Waals surface area contributed by atoms with Crippen molar-refractivity contribution in [2.24, 2.45) is 0 Å². The molecule has 0 radical (unpaired) electrons. The summed E-state index contributed by atoms with van der Waals surface area (Å²) in [5.74, 6) is -0.0601. The molecule has 1 aromatic carbocycles. The summed E-state index contributed by atoms with van der Waals surface area (Å²) in [4.78, 5) is 13.5. The van der Waals surface area contributed by atoms with Gasteiger partial charge < -0.3 is 10.0 Å². The molecule has 0 saturated carbocycles. The van der Waals surface area contributed by atoms with Gasteiger partial charge in [-0.15, -0.1) is 0 Å². The SMILES string of the molecule is N#CC1CC(O)CN1C(=O)CCCc1cccc(Cl)c1. The normalized spacial score (nSPS) is 21.8. The lowest BCUT2D eigenvalue weighted by molar-refractivity contribution is -0.131. The van der Waals surface area contributed by atoms with Gasteiger partial charge in [-0.2, -0.15) is 5.26 Å². The highest BCUT2D eigenvalue weighted by Gasteiger charge is 2.33. The Kier molecular flexibility index (Phi) is 4.99. The number of likely N-dealkylation sites (tertiary alicyclic amines) is 1. The van der Waals surface area contributed by atoms with Crippen LogP contribution in [0.25, 0.3) is 0 Å². The number of carbonyl (C=O) groups is 1. The molecule has 2 unspecified atom stereocenters. The monoisotopic (exact) mass is 292 g/mol. The molecule has 1 fully saturated rings. The molecule has 1 aliphatic heterocycles. The van der Waals surface area contributed by atoms with Crippen LogP contribution >= 0.6 is 11.6 Å². The minimum atomic E-state index is -0.573. The Morgan fingerprint density at radius 2 is 2.35 bits per heavy atom. The Labute approximate surface area is 123 Å². The van der Waals surface area contributed by atoms with Crippen molar-refractivity contribution in [1.29, 1.82) is 5.26 Å². The molecule has 2 rings (SSSR count). The van der Waals surface area contributed by atoms with E-state index in [9.17, 15) is 9.90 Å². The van der Waals surface area contributed by atoms with Crippen LogP contribution in [0.4, 0.5) is 0 Å². The predicted octanol–water partition coefficient (Wildman–Crippen LogP) is 2.15. The third-order valence-corrected chi connectivity index (χ3v) is 3.73. The summed E-state index contributed by atoms with van der Waals surface area (Å²) in [5.41, 5.74) is 1.10. The maximum Gasteiger partial charge on any atom is 0.223 e. The fourth-order valence-corrected chi connectivity index (χ4v) is 2.70. The van der Waals surface area contributed by atoms with Gasteiger partial charge in [0, 0.05) is 24.4 Å². The smallest absolute Gasteiger partial charge is 0.223 e. The molecule has 1 N–H and O–H groups in total. The van der Waals surface area contributed by atoms with E-state index in [1.54, 1.807) is 0 Å². The molecule has 4 nitrogen and oxygen atoms in total. The number of nitrogens with zero attached hydrogens (tertiary/aromatic N) is 2. The summed E-state index contributed by atoms with van der Waals surface area (Å²) in [5, 5.41) is 19.2. The maximum absolute atomic E-state index is 12.1. The zero-order valence-electron chi connectivity index (χ0n) is 11.1. The summed E-state index contributed by atoms with van der Waals surface area (Å²) < 4.78 is 0. The van der Waals surface area contributed by atoms with Gasteiger partial charge >= 0.3 is 0 Å². The van der Waals surface area contributed by atoms with E-state index < -0.39 is 12.1 Å². The van der Waals surface area contributed by atoms with Gasteiger partial charge in [0.05, 0.1) is 12.2 Å². The van der Waals surface area contributed by atoms with E-state index in [-0.39, 0.29) is 12.5 Å². The summed E-state index contributed by atoms with van der Waals surface area (Å²) in [6.07, 6.45) is 1.66. The lowest BCUT2D eigenvalue weighted by Crippen LogP contribution is -2.35. The van der Waals surface area contributed by atoms with Crippen LogP contribution in [0.15, 0.2) is 24.3 Å². The van der Waals surface area contributed by atoms with Gasteiger partial charge in [-0.1, -0.05) is 23.7 Å². The molecule has 1 aliphatic rings. The van der Waals surface area contributed by atoms with Gasteiger partial charge in [0.15, 0.2) is 0 Å². The Balaban J connectivity index is 1.82. The first-order chi connectivity index (χ1) is 9.60. The van der Waals surface area contributed by atoms with Crippen molar-refractivity contribution in [3.8, 4) is 6.07 Å². The molecular formula is C15H17ClN2O2. The Bertz CT molecular complexity index is 527. The number of aryl methyl sites for hydroxylation is 1. The van der Waals surface area contributed by atoms with Crippen LogP contribution in [0.1, 0.15) is 24.8 Å². The largest absolute Gasteiger partial charge is 0.391 e. The van der Waals surface area contributed by atoms with Crippen molar-refractivity contribution >= 4 is 17.5 Å². The first-order valence-electron chi connectivity index (χ1n) is 6.71. The maximum atomic E-state index is 12.1. The van der Waals surface area contributed by atoms with E-state index in [2.05, 4.69) is 6.07 Å². The van der Waals surface area contributed by atoms with Crippen molar-refractivity contribution < 1.29 is 9.90 Å². The van der Waals surface area contributed by atoms with Crippen molar-refractivity contribution in [3.05, 3.63) is 34.9 Å². The second-order valence-electron chi connectivity index (χ2n) is 5.06. The summed E-state index contributed by atoms with van der Waals surface area (Å²) in [6.45, 7) is 0.272. The van der Waals surface area contributed by atoms with Gasteiger partial charge in [0.1, 0.15) is 6.04 Å². The number of nitriles is 1. The third-order valence-electron chi connectivity index (χ3n) is 3.49. The molecule has 1 saturated heterocycles. The Morgan fingerprint density at radius 3 is 3.05 bits per heavy atom. The van der Waals surface area contributed by atoms with E-state index >= 15 is 0 Å². The number of aliphatic hydroxyl groups excluding tert-OH is 1. The highest BCUT2D eigenvalue weighted by Crippen LogP contribution is 2.19. The molecule has 2 atom stereocenters. The minimum absolute atomic E-state index is 0.0601. The van der Waals surface area contributed by atoms with Crippen LogP contribution in [-0.4, -0.2) is 34.6 Å². The van der Waals surface area contributed by atoms with Crippen LogP contribution in [0, 0.1) is 11.3 Å². The molecule has 106 valence electrons. The number of hydrogen-bond acceptors (Lipinski definition) is 3. The van der Waals surface area contributed by atoms with Gasteiger partial charge in [-0.25, -0.2) is 0 Å². The van der Waals surface area contributed by atoms with Gasteiger partial charge in [-0.05, 0) is 30.5 Å². The number of benzene rings is 1. The number of β-amino-alcohol motifs (C(OH)–C–C–N with tert-alkyl or cyclic N) is 1. The lowest BCUT2D eigenvalue weighted by atomic mass is 10.1. The predicted molar refractivity (Wildman–Crippen MR) is 76.1 cm³/mol. The van der Waals surface area contributed by atoms with E-state index in [0.29, 0.717) is 24.3 Å². The van der Waals surface area contributed by atoms with Crippen LogP contribution in [0.3, 0.4) is 0 Å². The summed E-state index contributed by atoms with van der Waals surface area (Å²) >= 11 is 5.90. The average Bonchev–Trinajstić information content (AvgIpc) is 2.80. The van der Waals surface area contributed by atoms with Crippen molar-refractivity contribution in [2.45, 2.75) is 37.8 Å². The third kappa shape index (κ3) is 3.72. The molecule has 0 aliphatic carbocycles. The zero-order valence-corrected chi connectivity index (χ0v) is 11.9. The topological polar surface area (TPSA) is 64.3 Å². The molecule has 20 heavy (non-hydrogen) atoms. The van der Waals surface area contributed by atoms with Crippen LogP contribution < -0.4 is 0 Å². The molecule has 0 spiro atoms. The zero-order chi connectivity index (χ0) is 14.5. The van der Waals surface area contributed by atoms with E-state index in [0.717, 1.165) is 12.0 Å². The fraction of sp³-hybridized carbons (Fsp3) is 0.467. The minimum Gasteiger partial charge on any atom is -0.391 e. The van der Waals surface area contributed by atoms with Crippen LogP contribution in [0.5, 0.6) is 0 Å². The van der Waals surface area contributed by atoms with Crippen molar-refractivity contribution in [3.63, 3.8) is 0 Å². The first-order valence-corrected chi connectivity index (χ1v) is 7.09. The highest BCUT2D eigenvalue weighted by molar-refractivity contribution is 6.30. The quantitative estimate of drug-likeness (QED) is 0.925. The summed E-state index contributed by atoms with van der Waals surface area (Å²) in [6, 6.07) is 9.17. The van der Waals surface area contributed by atoms with Gasteiger partial charge in [-0.3, -0.25) is 4.79 Å². The fourth-order valence-electron chi connectivity index (χ4n) is 2.49. The number of hydrogen-bond donors (Lipinski definition) is 1. The second-order valence-corrected chi connectivity index (χ2v) is 5.50. The molecule has 0 bridgehead atoms. The molecule has 1 aromatic rings. The molecule has 0 aromatic heterocycles. The van der Waals surface area contributed by atoms with Crippen molar-refractivity contribution in [2.75, 3.05) is 6.54 Å². The lowest BCUT2D eigenvalue weighted by Gasteiger charge is -2.19. The Hall–Kier alpha value is -1.57. The molecule has 1 heterocycles. The number of halogens is 1. The van der Waals surface area contributed by atoms with Gasteiger partial charge in [0.25, 0.3) is 0 Å². The van der Waals surface area contributed by atoms with Crippen LogP contribution in [-0.2, 0) is 11.2 Å².